The summed E-state index contributed by atoms with van der Waals surface area (Å²) in [6, 6.07) is 7.20. The fraction of sp³-hybridized carbons (Fsp3) is 0.614. The highest BCUT2D eigenvalue weighted by Gasteiger charge is 2.22. The Morgan fingerprint density at radius 2 is 0.980 bits per heavy atom. The molecular formula is C44H62OS4. The lowest BCUT2D eigenvalue weighted by Crippen LogP contribution is -1.93. The Hall–Kier alpha value is -1.53. The maximum Gasteiger partial charge on any atom is 0.169 e. The molecule has 0 aliphatic carbocycles. The largest absolute Gasteiger partial charge is 0.294 e. The van der Waals surface area contributed by atoms with Crippen molar-refractivity contribution in [3.63, 3.8) is 0 Å². The van der Waals surface area contributed by atoms with Crippen LogP contribution in [0.5, 0.6) is 0 Å². The van der Waals surface area contributed by atoms with Crippen molar-refractivity contribution in [2.75, 3.05) is 0 Å². The first-order valence-corrected chi connectivity index (χ1v) is 23.2. The highest BCUT2D eigenvalue weighted by Crippen LogP contribution is 2.50. The number of benzene rings is 1. The van der Waals surface area contributed by atoms with Gasteiger partial charge in [-0.15, -0.1) is 45.3 Å². The number of aryl methyl sites for hydroxylation is 4. The molecule has 0 spiro atoms. The van der Waals surface area contributed by atoms with E-state index in [1.54, 1.807) is 44.2 Å². The first-order chi connectivity index (χ1) is 23.9. The molecule has 0 atom stereocenters. The summed E-state index contributed by atoms with van der Waals surface area (Å²) in [7, 11) is 0. The number of ketones is 1. The molecule has 0 aliphatic rings. The van der Waals surface area contributed by atoms with Crippen LogP contribution in [0.1, 0.15) is 180 Å². The van der Waals surface area contributed by atoms with Crippen LogP contribution in [0.25, 0.3) is 40.0 Å². The molecule has 4 heterocycles. The lowest BCUT2D eigenvalue weighted by Gasteiger charge is -2.12. The lowest BCUT2D eigenvalue weighted by molar-refractivity contribution is 0.102. The number of carbonyl (C=O) groups is 1. The Morgan fingerprint density at radius 3 is 1.49 bits per heavy atom. The zero-order chi connectivity index (χ0) is 34.6. The van der Waals surface area contributed by atoms with E-state index in [9.17, 15) is 4.79 Å². The predicted octanol–water partition coefficient (Wildman–Crippen LogP) is 16.8. The molecule has 5 aromatic rings. The van der Waals surface area contributed by atoms with Gasteiger partial charge in [0.15, 0.2) is 5.78 Å². The predicted molar refractivity (Wildman–Crippen MR) is 226 cm³/mol. The second kappa shape index (κ2) is 19.9. The summed E-state index contributed by atoms with van der Waals surface area (Å²) < 4.78 is 4.42. The molecule has 49 heavy (non-hydrogen) atoms. The average Bonchev–Trinajstić information content (AvgIpc) is 3.87. The van der Waals surface area contributed by atoms with E-state index >= 15 is 0 Å². The molecule has 0 saturated carbocycles. The molecule has 5 rings (SSSR count). The number of hydrogen-bond donors (Lipinski definition) is 0. The molecule has 268 valence electrons. The van der Waals surface area contributed by atoms with Gasteiger partial charge >= 0.3 is 0 Å². The summed E-state index contributed by atoms with van der Waals surface area (Å²) in [4.78, 5) is 18.8. The average molecular weight is 735 g/mol. The molecule has 0 radical (unpaired) electrons. The molecule has 0 N–H and O–H groups in total. The molecule has 0 aliphatic heterocycles. The van der Waals surface area contributed by atoms with Crippen molar-refractivity contribution in [3.05, 3.63) is 44.0 Å². The van der Waals surface area contributed by atoms with Crippen LogP contribution in [0.15, 0.2) is 18.2 Å². The van der Waals surface area contributed by atoms with Crippen molar-refractivity contribution in [2.45, 2.75) is 176 Å². The van der Waals surface area contributed by atoms with E-state index in [1.165, 1.54) is 176 Å². The summed E-state index contributed by atoms with van der Waals surface area (Å²) in [5.41, 5.74) is 3.22. The van der Waals surface area contributed by atoms with Gasteiger partial charge in [0, 0.05) is 29.4 Å². The van der Waals surface area contributed by atoms with Gasteiger partial charge in [-0.2, -0.15) is 0 Å². The fourth-order valence-electron chi connectivity index (χ4n) is 7.64. The lowest BCUT2D eigenvalue weighted by atomic mass is 9.94. The summed E-state index contributed by atoms with van der Waals surface area (Å²) >= 11 is 7.70. The minimum absolute atomic E-state index is 0.182. The van der Waals surface area contributed by atoms with E-state index in [2.05, 4.69) is 45.9 Å². The van der Waals surface area contributed by atoms with Crippen molar-refractivity contribution in [3.8, 4) is 9.75 Å². The minimum atomic E-state index is 0.182. The van der Waals surface area contributed by atoms with Crippen molar-refractivity contribution >= 4 is 81.4 Å². The monoisotopic (exact) mass is 734 g/mol. The van der Waals surface area contributed by atoms with Gasteiger partial charge in [0.25, 0.3) is 0 Å². The van der Waals surface area contributed by atoms with E-state index in [-0.39, 0.29) is 5.78 Å². The second-order valence-electron chi connectivity index (χ2n) is 14.7. The number of fused-ring (bicyclic) bond motifs is 3. The number of unbranched alkanes of at least 4 members (excludes halogenated alkanes) is 18. The minimum Gasteiger partial charge on any atom is -0.294 e. The zero-order valence-electron chi connectivity index (χ0n) is 31.3. The van der Waals surface area contributed by atoms with Gasteiger partial charge in [0.05, 0.1) is 14.5 Å². The van der Waals surface area contributed by atoms with Crippen LogP contribution >= 0.6 is 45.3 Å². The molecule has 1 nitrogen and oxygen atoms in total. The SMILES string of the molecule is CCCCCCCCCCCCc1c2cc(-c3sc(C)c4cc(C(C)=O)sc34)sc2c(CCCCCCCCCCCC)c2cc(C)sc12. The normalized spacial score (nSPS) is 12.0. The molecule has 4 aromatic heterocycles. The zero-order valence-corrected chi connectivity index (χ0v) is 34.6. The van der Waals surface area contributed by atoms with Crippen molar-refractivity contribution in [1.29, 1.82) is 0 Å². The third-order valence-electron chi connectivity index (χ3n) is 10.5. The molecule has 0 saturated heterocycles. The molecule has 0 amide bonds. The number of carbonyl (C=O) groups excluding carboxylic acids is 1. The van der Waals surface area contributed by atoms with Gasteiger partial charge in [-0.3, -0.25) is 4.79 Å². The van der Waals surface area contributed by atoms with Crippen molar-refractivity contribution in [2.24, 2.45) is 0 Å². The Morgan fingerprint density at radius 1 is 0.510 bits per heavy atom. The van der Waals surface area contributed by atoms with Crippen LogP contribution in [-0.2, 0) is 12.8 Å². The van der Waals surface area contributed by atoms with Crippen LogP contribution < -0.4 is 0 Å². The Kier molecular flexibility index (Phi) is 15.7. The first-order valence-electron chi connectivity index (χ1n) is 19.9. The van der Waals surface area contributed by atoms with Crippen LogP contribution in [-0.4, -0.2) is 5.78 Å². The highest BCUT2D eigenvalue weighted by atomic mass is 32.1. The third kappa shape index (κ3) is 10.3. The van der Waals surface area contributed by atoms with Gasteiger partial charge in [0.1, 0.15) is 0 Å². The van der Waals surface area contributed by atoms with E-state index in [0.29, 0.717) is 0 Å². The first kappa shape index (κ1) is 38.7. The third-order valence-corrected chi connectivity index (χ3v) is 15.5. The van der Waals surface area contributed by atoms with E-state index < -0.39 is 0 Å². The second-order valence-corrected chi connectivity index (χ2v) is 19.3. The molecule has 0 fully saturated rings. The van der Waals surface area contributed by atoms with Crippen LogP contribution in [0.4, 0.5) is 0 Å². The van der Waals surface area contributed by atoms with Gasteiger partial charge in [-0.1, -0.05) is 129 Å². The smallest absolute Gasteiger partial charge is 0.169 e. The summed E-state index contributed by atoms with van der Waals surface area (Å²) in [5, 5.41) is 4.35. The molecule has 0 bridgehead atoms. The Bertz CT molecular complexity index is 1680. The van der Waals surface area contributed by atoms with E-state index in [1.807, 2.05) is 34.0 Å². The topological polar surface area (TPSA) is 17.1 Å². The molecular weight excluding hydrogens is 673 g/mol. The summed E-state index contributed by atoms with van der Waals surface area (Å²) in [6.45, 7) is 10.9. The Labute approximate surface area is 313 Å². The molecule has 1 aromatic carbocycles. The molecule has 5 heteroatoms. The summed E-state index contributed by atoms with van der Waals surface area (Å²) in [6.07, 6.45) is 30.0. The van der Waals surface area contributed by atoms with Gasteiger partial charge in [-0.05, 0) is 86.6 Å². The number of rotatable bonds is 24. The van der Waals surface area contributed by atoms with Gasteiger partial charge in [-0.25, -0.2) is 0 Å². The van der Waals surface area contributed by atoms with Crippen molar-refractivity contribution < 1.29 is 4.79 Å². The van der Waals surface area contributed by atoms with Gasteiger partial charge < -0.3 is 0 Å². The number of thiophene rings is 4. The number of hydrogen-bond acceptors (Lipinski definition) is 5. The van der Waals surface area contributed by atoms with E-state index in [4.69, 9.17) is 0 Å². The fourth-order valence-corrected chi connectivity index (χ4v) is 12.6. The maximum atomic E-state index is 12.3. The standard InChI is InChI=1S/C44H62OS4/c1-6-8-10-12-14-16-18-20-22-24-26-34-37-28-31(3)46-41(37)35(27-25-23-21-19-17-15-13-11-9-7-2)38-30-40(49-42(34)38)44-43-36(33(5)47-44)29-39(48-43)32(4)45/h28-30H,6-27H2,1-5H3. The maximum absolute atomic E-state index is 12.3. The van der Waals surface area contributed by atoms with Crippen LogP contribution in [0.3, 0.4) is 0 Å². The van der Waals surface area contributed by atoms with Crippen LogP contribution in [0, 0.1) is 13.8 Å². The highest BCUT2D eigenvalue weighted by molar-refractivity contribution is 7.31. The Balaban J connectivity index is 1.36. The number of Topliss-reactive ketones (excluding diaryl/α,β-unsaturated/α-hetero) is 1. The quantitative estimate of drug-likeness (QED) is 0.0456. The van der Waals surface area contributed by atoms with Gasteiger partial charge in [0.2, 0.25) is 0 Å². The summed E-state index contributed by atoms with van der Waals surface area (Å²) in [5.74, 6) is 0.182. The van der Waals surface area contributed by atoms with Crippen LogP contribution in [0.2, 0.25) is 0 Å². The molecule has 0 unspecified atom stereocenters. The van der Waals surface area contributed by atoms with E-state index in [0.717, 1.165) is 4.88 Å². The van der Waals surface area contributed by atoms with Crippen molar-refractivity contribution in [1.82, 2.24) is 0 Å².